The molecule has 10 nitrogen and oxygen atoms in total. The van der Waals surface area contributed by atoms with Crippen molar-refractivity contribution < 1.29 is 29.0 Å². The lowest BCUT2D eigenvalue weighted by Crippen LogP contribution is -2.57. The van der Waals surface area contributed by atoms with Gasteiger partial charge in [-0.25, -0.2) is 0 Å². The number of aliphatic hydroxyl groups is 1. The first-order valence-electron chi connectivity index (χ1n) is 16.8. The lowest BCUT2D eigenvalue weighted by Gasteiger charge is -2.39. The Bertz CT molecular complexity index is 1280. The first kappa shape index (κ1) is 31.9. The molecule has 5 aliphatic rings. The van der Waals surface area contributed by atoms with Crippen LogP contribution in [0.2, 0.25) is 0 Å². The fourth-order valence-electron chi connectivity index (χ4n) is 8.08. The molecule has 1 unspecified atom stereocenters. The highest BCUT2D eigenvalue weighted by atomic mass is 16.5. The van der Waals surface area contributed by atoms with Crippen molar-refractivity contribution in [1.29, 1.82) is 0 Å². The summed E-state index contributed by atoms with van der Waals surface area (Å²) < 4.78 is 12.6. The number of amides is 3. The third kappa shape index (κ3) is 5.98. The minimum atomic E-state index is -1.23. The molecule has 3 amide bonds. The van der Waals surface area contributed by atoms with Crippen molar-refractivity contribution in [3.05, 3.63) is 60.2 Å². The first-order chi connectivity index (χ1) is 21.9. The highest BCUT2D eigenvalue weighted by Crippen LogP contribution is 2.58. The molecule has 0 bridgehead atoms. The average Bonchev–Trinajstić information content (AvgIpc) is 3.35. The molecule has 5 atom stereocenters. The molecule has 3 fully saturated rings. The zero-order chi connectivity index (χ0) is 31.4. The topological polar surface area (TPSA) is 103 Å². The van der Waals surface area contributed by atoms with Crippen molar-refractivity contribution in [2.24, 2.45) is 11.8 Å². The van der Waals surface area contributed by atoms with Crippen LogP contribution in [0.15, 0.2) is 54.6 Å². The van der Waals surface area contributed by atoms with Gasteiger partial charge in [0.05, 0.1) is 30.7 Å². The monoisotopic (exact) mass is 620 g/mol. The van der Waals surface area contributed by atoms with Gasteiger partial charge in [-0.15, -0.1) is 0 Å². The Morgan fingerprint density at radius 1 is 0.822 bits per heavy atom. The Hall–Kier alpha value is -3.05. The molecule has 10 heteroatoms. The van der Waals surface area contributed by atoms with Gasteiger partial charge in [0, 0.05) is 59.0 Å². The molecule has 45 heavy (non-hydrogen) atoms. The summed E-state index contributed by atoms with van der Waals surface area (Å²) in [6.07, 6.45) is 11.6. The molecule has 3 saturated heterocycles. The van der Waals surface area contributed by atoms with Crippen LogP contribution in [0, 0.1) is 11.8 Å². The number of aliphatic hydroxyl groups excluding tert-OH is 1. The zero-order valence-corrected chi connectivity index (χ0v) is 26.5. The maximum absolute atomic E-state index is 14.7. The second-order valence-corrected chi connectivity index (χ2v) is 13.0. The van der Waals surface area contributed by atoms with Crippen LogP contribution in [-0.4, -0.2) is 125 Å². The molecule has 6 rings (SSSR count). The summed E-state index contributed by atoms with van der Waals surface area (Å²) in [7, 11) is 0. The van der Waals surface area contributed by atoms with E-state index in [1.54, 1.807) is 4.90 Å². The van der Waals surface area contributed by atoms with Crippen LogP contribution in [0.3, 0.4) is 0 Å². The number of carbonyl (C=O) groups excluding carboxylic acids is 3. The number of unbranched alkanes of at least 4 members (excludes halogenated alkanes) is 3. The van der Waals surface area contributed by atoms with Crippen LogP contribution in [-0.2, 0) is 30.4 Å². The Morgan fingerprint density at radius 2 is 1.56 bits per heavy atom. The summed E-state index contributed by atoms with van der Waals surface area (Å²) in [6.45, 7) is 8.21. The van der Waals surface area contributed by atoms with Gasteiger partial charge in [-0.3, -0.25) is 19.3 Å². The van der Waals surface area contributed by atoms with Gasteiger partial charge in [-0.1, -0.05) is 74.4 Å². The second-order valence-electron chi connectivity index (χ2n) is 13.0. The largest absolute Gasteiger partial charge is 0.396 e. The van der Waals surface area contributed by atoms with E-state index in [0.717, 1.165) is 38.0 Å². The van der Waals surface area contributed by atoms with Gasteiger partial charge in [0.1, 0.15) is 11.6 Å². The number of fused-ring (bicyclic) bond motifs is 2. The number of hydrogen-bond donors (Lipinski definition) is 1. The van der Waals surface area contributed by atoms with Gasteiger partial charge in [0.15, 0.2) is 0 Å². The Morgan fingerprint density at radius 3 is 2.31 bits per heavy atom. The number of hydrogen-bond acceptors (Lipinski definition) is 7. The molecule has 5 heterocycles. The van der Waals surface area contributed by atoms with Crippen molar-refractivity contribution in [3.8, 4) is 0 Å². The van der Waals surface area contributed by atoms with Crippen LogP contribution in [0.25, 0.3) is 0 Å². The molecule has 1 aromatic carbocycles. The van der Waals surface area contributed by atoms with Gasteiger partial charge in [0.25, 0.3) is 0 Å². The van der Waals surface area contributed by atoms with Crippen LogP contribution in [0.4, 0.5) is 0 Å². The molecule has 5 aliphatic heterocycles. The highest BCUT2D eigenvalue weighted by molar-refractivity contribution is 6.00. The van der Waals surface area contributed by atoms with Crippen LogP contribution < -0.4 is 0 Å². The van der Waals surface area contributed by atoms with Gasteiger partial charge in [0.2, 0.25) is 17.7 Å². The summed E-state index contributed by atoms with van der Waals surface area (Å²) in [4.78, 5) is 51.6. The van der Waals surface area contributed by atoms with E-state index in [1.807, 2.05) is 71.4 Å². The van der Waals surface area contributed by atoms with E-state index in [-0.39, 0.29) is 24.3 Å². The van der Waals surface area contributed by atoms with Gasteiger partial charge >= 0.3 is 0 Å². The molecule has 1 N–H and O–H groups in total. The summed E-state index contributed by atoms with van der Waals surface area (Å²) in [6, 6.07) is 9.07. The summed E-state index contributed by atoms with van der Waals surface area (Å²) in [5, 5.41) is 9.25. The molecule has 0 saturated carbocycles. The summed E-state index contributed by atoms with van der Waals surface area (Å²) >= 11 is 0. The molecule has 1 aromatic rings. The van der Waals surface area contributed by atoms with Crippen LogP contribution >= 0.6 is 0 Å². The number of benzene rings is 1. The predicted molar refractivity (Wildman–Crippen MR) is 169 cm³/mol. The van der Waals surface area contributed by atoms with E-state index in [9.17, 15) is 19.5 Å². The van der Waals surface area contributed by atoms with E-state index in [2.05, 4.69) is 4.90 Å². The normalized spacial score (nSPS) is 31.6. The van der Waals surface area contributed by atoms with Crippen LogP contribution in [0.5, 0.6) is 0 Å². The van der Waals surface area contributed by atoms with Gasteiger partial charge in [-0.2, -0.15) is 0 Å². The molecule has 0 aromatic heterocycles. The van der Waals surface area contributed by atoms with Crippen molar-refractivity contribution in [2.75, 3.05) is 65.6 Å². The van der Waals surface area contributed by atoms with Crippen molar-refractivity contribution in [3.63, 3.8) is 0 Å². The lowest BCUT2D eigenvalue weighted by molar-refractivity contribution is -0.154. The number of rotatable bonds is 12. The number of ether oxygens (including phenoxy) is 2. The fraction of sp³-hybridized carbons (Fsp3) is 0.629. The smallest absolute Gasteiger partial charge is 0.249 e. The molecule has 1 spiro atoms. The SMILES string of the molecule is CC[C@]12C=CCN(Cc3ccccc3)C(=O)[C@H]1[C@H]1C(=O)N(CCCCCCO)C3C(=O)N(CCN4CCOCC4)CC=C[C@@]31O2. The van der Waals surface area contributed by atoms with E-state index in [4.69, 9.17) is 9.47 Å². The van der Waals surface area contributed by atoms with E-state index >= 15 is 0 Å². The standard InChI is InChI=1S/C35H48N4O6/c1-2-34-14-10-17-38(26-27-12-6-5-7-13-27)31(41)28(34)29-32(42)39(18-8-3-4-9-23-40)30-33(43)37(16-11-15-35(29,30)45-34)20-19-36-21-24-44-25-22-36/h5-7,10-15,28-30,40H,2-4,8-9,16-26H2,1H3/t28-,29+,30?,34+,35+/m1/s1. The zero-order valence-electron chi connectivity index (χ0n) is 26.5. The Labute approximate surface area is 266 Å². The molecule has 0 aliphatic carbocycles. The Kier molecular flexibility index (Phi) is 9.75. The van der Waals surface area contributed by atoms with E-state index in [1.165, 1.54) is 0 Å². The van der Waals surface area contributed by atoms with Crippen molar-refractivity contribution in [2.45, 2.75) is 62.8 Å². The summed E-state index contributed by atoms with van der Waals surface area (Å²) in [5.74, 6) is -1.91. The molecular weight excluding hydrogens is 572 g/mol. The summed E-state index contributed by atoms with van der Waals surface area (Å²) in [5.41, 5.74) is -1.19. The third-order valence-electron chi connectivity index (χ3n) is 10.4. The number of nitrogens with zero attached hydrogens (tertiary/aromatic N) is 4. The van der Waals surface area contributed by atoms with E-state index < -0.39 is 29.1 Å². The van der Waals surface area contributed by atoms with Gasteiger partial charge in [-0.05, 0) is 24.8 Å². The van der Waals surface area contributed by atoms with Crippen molar-refractivity contribution in [1.82, 2.24) is 19.6 Å². The minimum absolute atomic E-state index is 0.0984. The van der Waals surface area contributed by atoms with E-state index in [0.29, 0.717) is 65.2 Å². The van der Waals surface area contributed by atoms with Crippen molar-refractivity contribution >= 4 is 17.7 Å². The third-order valence-corrected chi connectivity index (χ3v) is 10.4. The second kappa shape index (κ2) is 13.7. The molecule has 0 radical (unpaired) electrons. The number of carbonyl (C=O) groups is 3. The first-order valence-corrected chi connectivity index (χ1v) is 16.8. The lowest BCUT2D eigenvalue weighted by atomic mass is 9.73. The Balaban J connectivity index is 1.33. The molecular formula is C35H48N4O6. The minimum Gasteiger partial charge on any atom is -0.396 e. The average molecular weight is 621 g/mol. The predicted octanol–water partition coefficient (Wildman–Crippen LogP) is 2.23. The van der Waals surface area contributed by atoms with Gasteiger partial charge < -0.3 is 29.3 Å². The maximum atomic E-state index is 14.7. The fourth-order valence-corrected chi connectivity index (χ4v) is 8.08. The quantitative estimate of drug-likeness (QED) is 0.283. The number of likely N-dealkylation sites (tertiary alicyclic amines) is 1. The number of morpholine rings is 1. The maximum Gasteiger partial charge on any atom is 0.249 e. The highest BCUT2D eigenvalue weighted by Gasteiger charge is 2.75. The molecule has 244 valence electrons. The van der Waals surface area contributed by atoms with Crippen LogP contribution in [0.1, 0.15) is 44.6 Å².